The highest BCUT2D eigenvalue weighted by molar-refractivity contribution is 7.50. The molecule has 4 N–H and O–H groups in total. The van der Waals surface area contributed by atoms with Gasteiger partial charge in [0.05, 0.1) is 25.4 Å². The zero-order valence-electron chi connectivity index (χ0n) is 20.6. The van der Waals surface area contributed by atoms with E-state index < -0.39 is 88.4 Å². The number of hydrogen-bond acceptors (Lipinski definition) is 15. The molecule has 4 heterocycles. The number of aliphatic hydroxyl groups excluding tert-OH is 2. The second kappa shape index (κ2) is 11.8. The minimum absolute atomic E-state index is 0.105. The van der Waals surface area contributed by atoms with Crippen LogP contribution < -0.4 is 36.7 Å². The number of hydrogen-bond donors (Lipinski definition) is 4. The van der Waals surface area contributed by atoms with E-state index in [9.17, 15) is 48.4 Å². The van der Waals surface area contributed by atoms with Gasteiger partial charge in [-0.3, -0.25) is 23.5 Å². The minimum Gasteiger partial charge on any atom is -0.795 e. The maximum atomic E-state index is 12.5. The summed E-state index contributed by atoms with van der Waals surface area (Å²) in [6, 6.07) is 1.000. The van der Waals surface area contributed by atoms with Crippen molar-refractivity contribution in [2.24, 2.45) is 0 Å². The van der Waals surface area contributed by atoms with E-state index >= 15 is 0 Å². The van der Waals surface area contributed by atoms with Crippen LogP contribution in [0.15, 0.2) is 32.8 Å². The fourth-order valence-corrected chi connectivity index (χ4v) is 5.53. The standard InChI is InChI=1S/C19H27N5O14P2/c1-9-6-24(19(29)21-17(9)27)15-4-10(26)13(37-15)8-35-40(33,34)38-11-5-16(36-12(11)7-25)23-3-2-14(20-18(23)28)22-39(30,31)32/h2-3,6,10-13,15-16,25-26H,4-5,7-8H2,1H3,(H,33,34)(H,21,27,29)(H3,20,22,28,30,31,32)/p-3/t10-,11-,12+,13+,15+,16+/m0/s1. The summed E-state index contributed by atoms with van der Waals surface area (Å²) >= 11 is 0. The summed E-state index contributed by atoms with van der Waals surface area (Å²) in [6.45, 7) is 0.0548. The Morgan fingerprint density at radius 3 is 2.48 bits per heavy atom. The molecule has 0 spiro atoms. The number of phosphoric ester groups is 1. The first-order valence-electron chi connectivity index (χ1n) is 11.6. The highest BCUT2D eigenvalue weighted by Crippen LogP contribution is 2.45. The van der Waals surface area contributed by atoms with Crippen molar-refractivity contribution in [3.63, 3.8) is 0 Å². The number of aromatic amines is 1. The highest BCUT2D eigenvalue weighted by Gasteiger charge is 2.41. The summed E-state index contributed by atoms with van der Waals surface area (Å²) in [5.41, 5.74) is -2.20. The summed E-state index contributed by atoms with van der Waals surface area (Å²) < 4.78 is 46.2. The van der Waals surface area contributed by atoms with E-state index in [1.807, 2.05) is 0 Å². The lowest BCUT2D eigenvalue weighted by molar-refractivity contribution is -0.311. The lowest BCUT2D eigenvalue weighted by Crippen LogP contribution is -2.33. The van der Waals surface area contributed by atoms with Crippen molar-refractivity contribution in [3.8, 4) is 0 Å². The van der Waals surface area contributed by atoms with Crippen molar-refractivity contribution < 1.29 is 52.5 Å². The van der Waals surface area contributed by atoms with Crippen molar-refractivity contribution in [1.29, 1.82) is 0 Å². The van der Waals surface area contributed by atoms with Gasteiger partial charge in [-0.05, 0) is 13.0 Å². The normalized spacial score (nSPS) is 28.4. The molecule has 2 aromatic rings. The molecule has 2 aromatic heterocycles. The molecule has 0 amide bonds. The van der Waals surface area contributed by atoms with Crippen LogP contribution in [-0.4, -0.2) is 66.9 Å². The number of aliphatic hydroxyl groups is 2. The van der Waals surface area contributed by atoms with Crippen molar-refractivity contribution in [2.45, 2.75) is 56.6 Å². The molecule has 1 unspecified atom stereocenters. The second-order valence-corrected chi connectivity index (χ2v) is 11.5. The lowest BCUT2D eigenvalue weighted by Gasteiger charge is -2.30. The van der Waals surface area contributed by atoms with Crippen molar-refractivity contribution in [2.75, 3.05) is 18.3 Å². The van der Waals surface area contributed by atoms with Crippen LogP contribution in [0, 0.1) is 6.92 Å². The first-order chi connectivity index (χ1) is 18.7. The molecule has 19 nitrogen and oxygen atoms in total. The Morgan fingerprint density at radius 1 is 1.15 bits per heavy atom. The van der Waals surface area contributed by atoms with Crippen LogP contribution in [0.1, 0.15) is 30.9 Å². The van der Waals surface area contributed by atoms with E-state index in [2.05, 4.69) is 9.97 Å². The van der Waals surface area contributed by atoms with E-state index in [0.29, 0.717) is 0 Å². The predicted molar refractivity (Wildman–Crippen MR) is 124 cm³/mol. The molecule has 2 saturated heterocycles. The van der Waals surface area contributed by atoms with Crippen LogP contribution in [0.5, 0.6) is 0 Å². The molecule has 2 aliphatic rings. The van der Waals surface area contributed by atoms with Crippen LogP contribution in [0.2, 0.25) is 0 Å². The Morgan fingerprint density at radius 2 is 1.82 bits per heavy atom. The largest absolute Gasteiger partial charge is 0.795 e. The average molecular weight is 608 g/mol. The Labute approximate surface area is 223 Å². The molecule has 21 heteroatoms. The first-order valence-corrected chi connectivity index (χ1v) is 14.6. The van der Waals surface area contributed by atoms with Crippen LogP contribution in [0.25, 0.3) is 0 Å². The van der Waals surface area contributed by atoms with Gasteiger partial charge in [0, 0.05) is 38.5 Å². The third-order valence-corrected chi connectivity index (χ3v) is 7.57. The van der Waals surface area contributed by atoms with Gasteiger partial charge in [-0.2, -0.15) is 4.98 Å². The topological polar surface area (TPSA) is 282 Å². The molecule has 222 valence electrons. The maximum absolute atomic E-state index is 12.5. The molecule has 0 aromatic carbocycles. The van der Waals surface area contributed by atoms with Crippen LogP contribution in [0.3, 0.4) is 0 Å². The van der Waals surface area contributed by atoms with Crippen molar-refractivity contribution in [1.82, 2.24) is 19.1 Å². The van der Waals surface area contributed by atoms with Gasteiger partial charge in [0.15, 0.2) is 0 Å². The van der Waals surface area contributed by atoms with Gasteiger partial charge >= 0.3 is 11.4 Å². The summed E-state index contributed by atoms with van der Waals surface area (Å²) in [6.07, 6.45) is -5.25. The Balaban J connectivity index is 1.37. The summed E-state index contributed by atoms with van der Waals surface area (Å²) in [5, 5.41) is 21.4. The maximum Gasteiger partial charge on any atom is 0.351 e. The van der Waals surface area contributed by atoms with E-state index in [0.717, 1.165) is 21.4 Å². The lowest BCUT2D eigenvalue weighted by atomic mass is 10.2. The first kappa shape index (κ1) is 30.4. The molecule has 0 saturated carbocycles. The molecular weight excluding hydrogens is 584 g/mol. The number of ether oxygens (including phenoxy) is 2. The van der Waals surface area contributed by atoms with E-state index in [4.69, 9.17) is 18.5 Å². The number of anilines is 1. The van der Waals surface area contributed by atoms with Crippen LogP contribution in [-0.2, 0) is 27.7 Å². The fourth-order valence-electron chi connectivity index (χ4n) is 4.18. The SMILES string of the molecule is Cc1cn([C@H]2C[C@H](O)[C@@H](COP(=O)([O-])O[C@H]3C[C@H](n4ccc(NP(=O)([O-])[O-])nc4=O)O[C@@H]3CO)O2)c(=O)[nH]c1=O. The number of aryl methyl sites for hydroxylation is 1. The molecule has 2 aliphatic heterocycles. The Kier molecular flexibility index (Phi) is 8.94. The molecule has 0 aliphatic carbocycles. The third kappa shape index (κ3) is 7.20. The molecule has 0 bridgehead atoms. The van der Waals surface area contributed by atoms with Crippen molar-refractivity contribution in [3.05, 3.63) is 55.3 Å². The quantitative estimate of drug-likeness (QED) is 0.188. The van der Waals surface area contributed by atoms with E-state index in [1.165, 1.54) is 18.2 Å². The smallest absolute Gasteiger partial charge is 0.351 e. The fraction of sp³-hybridized carbons (Fsp3) is 0.579. The third-order valence-electron chi connectivity index (χ3n) is 6.07. The van der Waals surface area contributed by atoms with E-state index in [-0.39, 0.29) is 18.4 Å². The van der Waals surface area contributed by atoms with Gasteiger partial charge in [0.2, 0.25) is 0 Å². The number of H-pyrrole nitrogens is 1. The number of aromatic nitrogens is 4. The van der Waals surface area contributed by atoms with Crippen LogP contribution >= 0.6 is 15.6 Å². The van der Waals surface area contributed by atoms with Gasteiger partial charge in [0.1, 0.15) is 30.5 Å². The Bertz CT molecular complexity index is 1500. The molecule has 4 rings (SSSR count). The molecule has 2 fully saturated rings. The molecular formula is C19H24N5O14P2-3. The van der Waals surface area contributed by atoms with Gasteiger partial charge in [-0.15, -0.1) is 0 Å². The van der Waals surface area contributed by atoms with Gasteiger partial charge < -0.3 is 53.1 Å². The van der Waals surface area contributed by atoms with Crippen LogP contribution in [0.4, 0.5) is 5.82 Å². The monoisotopic (exact) mass is 608 g/mol. The number of phosphoric acid groups is 1. The summed E-state index contributed by atoms with van der Waals surface area (Å²) in [5.74, 6) is -0.532. The van der Waals surface area contributed by atoms with Gasteiger partial charge in [0.25, 0.3) is 13.4 Å². The molecule has 7 atom stereocenters. The van der Waals surface area contributed by atoms with Gasteiger partial charge in [-0.25, -0.2) is 9.59 Å². The van der Waals surface area contributed by atoms with Crippen molar-refractivity contribution >= 4 is 21.4 Å². The number of nitrogens with zero attached hydrogens (tertiary/aromatic N) is 3. The van der Waals surface area contributed by atoms with Gasteiger partial charge in [-0.1, -0.05) is 0 Å². The number of nitrogens with one attached hydrogen (secondary N) is 2. The highest BCUT2D eigenvalue weighted by atomic mass is 31.2. The zero-order chi connectivity index (χ0) is 29.4. The average Bonchev–Trinajstić information content (AvgIpc) is 3.41. The van der Waals surface area contributed by atoms with E-state index in [1.54, 1.807) is 0 Å². The minimum atomic E-state index is -5.22. The molecule has 40 heavy (non-hydrogen) atoms. The Hall–Kier alpha value is -2.54. The summed E-state index contributed by atoms with van der Waals surface area (Å²) in [4.78, 5) is 75.6. The predicted octanol–water partition coefficient (Wildman–Crippen LogP) is -3.86. The molecule has 0 radical (unpaired) electrons. The second-order valence-electron chi connectivity index (χ2n) is 8.96. The number of rotatable bonds is 10. The zero-order valence-corrected chi connectivity index (χ0v) is 22.3. The summed E-state index contributed by atoms with van der Waals surface area (Å²) in [7, 11) is -10.3.